The molecule has 2 aliphatic heterocycles. The minimum atomic E-state index is -1.26. The lowest BCUT2D eigenvalue weighted by Crippen LogP contribution is -2.73. The average Bonchev–Trinajstić information content (AvgIpc) is 3.45. The first-order valence-electron chi connectivity index (χ1n) is 13.3. The van der Waals surface area contributed by atoms with Crippen LogP contribution in [0.15, 0.2) is 47.9 Å². The first-order chi connectivity index (χ1) is 18.2. The van der Waals surface area contributed by atoms with Crippen molar-refractivity contribution in [3.8, 4) is 11.5 Å². The molecule has 38 heavy (non-hydrogen) atoms. The number of phenolic OH excluding ortho intramolecular Hbond substituents is 1. The van der Waals surface area contributed by atoms with Crippen LogP contribution in [0, 0.1) is 5.92 Å². The van der Waals surface area contributed by atoms with E-state index in [-0.39, 0.29) is 23.1 Å². The lowest BCUT2D eigenvalue weighted by atomic mass is 9.53. The maximum Gasteiger partial charge on any atom is 0.254 e. The van der Waals surface area contributed by atoms with E-state index in [1.165, 1.54) is 12.8 Å². The SMILES string of the molecule is C/C(C(=O)Nc1ccc2[nH]ncc2c1)=C(/O)[C@@H]1Oc2c(O)ccc3c2[C@@]12CCN(CC1CC1)[C@H](C3)[C@@]2(C)O. The molecular weight excluding hydrogens is 484 g/mol. The minimum absolute atomic E-state index is 0.0244. The highest BCUT2D eigenvalue weighted by atomic mass is 16.5. The lowest BCUT2D eigenvalue weighted by molar-refractivity contribution is -0.153. The zero-order valence-corrected chi connectivity index (χ0v) is 21.5. The Labute approximate surface area is 220 Å². The van der Waals surface area contributed by atoms with E-state index in [0.29, 0.717) is 30.2 Å². The van der Waals surface area contributed by atoms with Crippen molar-refractivity contribution in [3.05, 3.63) is 59.0 Å². The fourth-order valence-corrected chi connectivity index (χ4v) is 7.13. The van der Waals surface area contributed by atoms with Crippen LogP contribution in [0.25, 0.3) is 10.9 Å². The van der Waals surface area contributed by atoms with Gasteiger partial charge in [-0.1, -0.05) is 6.07 Å². The number of hydrogen-bond donors (Lipinski definition) is 5. The van der Waals surface area contributed by atoms with Crippen molar-refractivity contribution in [1.82, 2.24) is 15.1 Å². The number of nitrogens with zero attached hydrogens (tertiary/aromatic N) is 2. The Hall–Kier alpha value is -3.56. The molecule has 2 fully saturated rings. The largest absolute Gasteiger partial charge is 0.508 e. The number of benzene rings is 2. The van der Waals surface area contributed by atoms with Crippen LogP contribution in [-0.2, 0) is 16.6 Å². The zero-order valence-electron chi connectivity index (χ0n) is 21.5. The lowest BCUT2D eigenvalue weighted by Gasteiger charge is -2.59. The van der Waals surface area contributed by atoms with Crippen LogP contribution in [0.2, 0.25) is 0 Å². The maximum absolute atomic E-state index is 13.3. The van der Waals surface area contributed by atoms with Gasteiger partial charge in [-0.25, -0.2) is 0 Å². The number of aliphatic hydroxyl groups is 2. The van der Waals surface area contributed by atoms with Gasteiger partial charge in [-0.15, -0.1) is 0 Å². The molecule has 1 saturated heterocycles. The third-order valence-electron chi connectivity index (χ3n) is 9.41. The number of amides is 1. The summed E-state index contributed by atoms with van der Waals surface area (Å²) in [6.45, 7) is 5.09. The molecule has 0 radical (unpaired) electrons. The summed E-state index contributed by atoms with van der Waals surface area (Å²) in [5, 5.41) is 45.2. The maximum atomic E-state index is 13.3. The van der Waals surface area contributed by atoms with Gasteiger partial charge in [0.25, 0.3) is 5.91 Å². The van der Waals surface area contributed by atoms with Gasteiger partial charge in [-0.3, -0.25) is 14.8 Å². The molecule has 1 amide bonds. The Kier molecular flexibility index (Phi) is 4.94. The molecule has 1 aromatic heterocycles. The van der Waals surface area contributed by atoms with E-state index in [4.69, 9.17) is 4.74 Å². The van der Waals surface area contributed by atoms with Gasteiger partial charge in [0.1, 0.15) is 5.76 Å². The quantitative estimate of drug-likeness (QED) is 0.259. The molecule has 1 spiro atoms. The molecule has 0 unspecified atom stereocenters. The number of hydrogen-bond acceptors (Lipinski definition) is 7. The first kappa shape index (κ1) is 23.5. The second kappa shape index (κ2) is 7.97. The summed E-state index contributed by atoms with van der Waals surface area (Å²) in [6, 6.07) is 8.76. The molecule has 2 bridgehead atoms. The molecule has 2 aromatic carbocycles. The fraction of sp³-hybridized carbons (Fsp3) is 0.448. The van der Waals surface area contributed by atoms with Crippen LogP contribution in [0.1, 0.15) is 44.2 Å². The number of rotatable bonds is 5. The first-order valence-corrected chi connectivity index (χ1v) is 13.3. The van der Waals surface area contributed by atoms with E-state index >= 15 is 0 Å². The van der Waals surface area contributed by atoms with E-state index in [2.05, 4.69) is 20.4 Å². The number of aromatic hydroxyl groups is 1. The third-order valence-corrected chi connectivity index (χ3v) is 9.41. The molecule has 4 aliphatic rings. The third kappa shape index (κ3) is 3.18. The summed E-state index contributed by atoms with van der Waals surface area (Å²) in [5.74, 6) is 0.248. The summed E-state index contributed by atoms with van der Waals surface area (Å²) in [6.07, 6.45) is 4.29. The van der Waals surface area contributed by atoms with Gasteiger partial charge in [0.15, 0.2) is 17.6 Å². The van der Waals surface area contributed by atoms with Crippen LogP contribution in [0.5, 0.6) is 11.5 Å². The van der Waals surface area contributed by atoms with Gasteiger partial charge in [0.05, 0.1) is 28.3 Å². The van der Waals surface area contributed by atoms with E-state index in [0.717, 1.165) is 35.1 Å². The van der Waals surface area contributed by atoms with Gasteiger partial charge in [0.2, 0.25) is 0 Å². The highest BCUT2D eigenvalue weighted by Crippen LogP contribution is 2.63. The number of aromatic amines is 1. The highest BCUT2D eigenvalue weighted by molar-refractivity contribution is 6.04. The number of carbonyl (C=O) groups is 1. The van der Waals surface area contributed by atoms with Crippen molar-refractivity contribution < 1.29 is 24.9 Å². The predicted octanol–water partition coefficient (Wildman–Crippen LogP) is 3.53. The number of aliphatic hydroxyl groups excluding tert-OH is 1. The number of carbonyl (C=O) groups excluding carboxylic acids is 1. The minimum Gasteiger partial charge on any atom is -0.508 e. The van der Waals surface area contributed by atoms with Gasteiger partial charge >= 0.3 is 0 Å². The smallest absolute Gasteiger partial charge is 0.254 e. The Morgan fingerprint density at radius 1 is 1.29 bits per heavy atom. The summed E-state index contributed by atoms with van der Waals surface area (Å²) >= 11 is 0. The van der Waals surface area contributed by atoms with Gasteiger partial charge in [0, 0.05) is 29.2 Å². The number of nitrogens with one attached hydrogen (secondary N) is 2. The Bertz CT molecular complexity index is 1510. The summed E-state index contributed by atoms with van der Waals surface area (Å²) in [7, 11) is 0. The molecule has 9 nitrogen and oxygen atoms in total. The number of anilines is 1. The zero-order chi connectivity index (χ0) is 26.4. The second-order valence-electron chi connectivity index (χ2n) is 11.6. The van der Waals surface area contributed by atoms with E-state index in [9.17, 15) is 20.1 Å². The topological polar surface area (TPSA) is 131 Å². The highest BCUT2D eigenvalue weighted by Gasteiger charge is 2.69. The molecule has 9 heteroatoms. The number of fused-ring (bicyclic) bond motifs is 2. The molecule has 7 rings (SSSR count). The van der Waals surface area contributed by atoms with Crippen LogP contribution in [0.4, 0.5) is 5.69 Å². The number of H-pyrrole nitrogens is 1. The number of aromatic nitrogens is 2. The molecule has 4 atom stereocenters. The van der Waals surface area contributed by atoms with Crippen LogP contribution in [-0.4, -0.2) is 67.2 Å². The Balaban J connectivity index is 1.28. The van der Waals surface area contributed by atoms with Gasteiger partial charge < -0.3 is 25.4 Å². The molecule has 3 heterocycles. The Morgan fingerprint density at radius 2 is 2.11 bits per heavy atom. The van der Waals surface area contributed by atoms with E-state index < -0.39 is 23.0 Å². The van der Waals surface area contributed by atoms with Gasteiger partial charge in [-0.05, 0) is 81.8 Å². The average molecular weight is 517 g/mol. The standard InChI is InChI=1S/C29H32N4O5/c1-15(27(36)31-19-6-7-20-18(11-19)13-30-32-20)24(35)26-29-9-10-33(14-16-3-4-16)22(28(29,2)37)12-17-5-8-21(34)25(38-26)23(17)29/h5-8,11,13,16,22,26,34-35,37H,3-4,9-10,12,14H2,1-2H3,(H,30,32)(H,31,36)/b24-15-/t22-,26+,28-,29+/m1/s1. The molecule has 1 saturated carbocycles. The van der Waals surface area contributed by atoms with Crippen molar-refractivity contribution in [2.24, 2.45) is 5.92 Å². The summed E-state index contributed by atoms with van der Waals surface area (Å²) in [5.41, 5.74) is 1.05. The summed E-state index contributed by atoms with van der Waals surface area (Å²) in [4.78, 5) is 15.7. The van der Waals surface area contributed by atoms with Crippen molar-refractivity contribution in [3.63, 3.8) is 0 Å². The number of phenols is 1. The van der Waals surface area contributed by atoms with Crippen molar-refractivity contribution in [2.45, 2.75) is 62.7 Å². The normalized spacial score (nSPS) is 30.5. The molecule has 5 N–H and O–H groups in total. The van der Waals surface area contributed by atoms with E-state index in [1.54, 1.807) is 31.3 Å². The number of piperidine rings is 1. The van der Waals surface area contributed by atoms with Crippen LogP contribution in [0.3, 0.4) is 0 Å². The van der Waals surface area contributed by atoms with Crippen molar-refractivity contribution in [2.75, 3.05) is 18.4 Å². The molecule has 3 aromatic rings. The van der Waals surface area contributed by atoms with Crippen LogP contribution < -0.4 is 10.1 Å². The van der Waals surface area contributed by atoms with Crippen molar-refractivity contribution >= 4 is 22.5 Å². The Morgan fingerprint density at radius 3 is 2.89 bits per heavy atom. The molecule has 198 valence electrons. The summed E-state index contributed by atoms with van der Waals surface area (Å²) < 4.78 is 6.30. The molecule has 2 aliphatic carbocycles. The van der Waals surface area contributed by atoms with Crippen LogP contribution >= 0.6 is 0 Å². The number of ether oxygens (including phenoxy) is 1. The van der Waals surface area contributed by atoms with Gasteiger partial charge in [-0.2, -0.15) is 5.10 Å². The second-order valence-corrected chi connectivity index (χ2v) is 11.6. The fourth-order valence-electron chi connectivity index (χ4n) is 7.13. The monoisotopic (exact) mass is 516 g/mol. The van der Waals surface area contributed by atoms with E-state index in [1.807, 2.05) is 19.1 Å². The predicted molar refractivity (Wildman–Crippen MR) is 141 cm³/mol. The number of likely N-dealkylation sites (tertiary alicyclic amines) is 1. The molecular formula is C29H32N4O5. The van der Waals surface area contributed by atoms with Crippen molar-refractivity contribution in [1.29, 1.82) is 0 Å².